The maximum atomic E-state index is 10.6. The van der Waals surface area contributed by atoms with Crippen LogP contribution in [0, 0.1) is 6.08 Å². The Balaban J connectivity index is -0.000000130. The van der Waals surface area contributed by atoms with Crippen LogP contribution in [0.15, 0.2) is 56.2 Å². The Kier molecular flexibility index (Phi) is 23.7. The van der Waals surface area contributed by atoms with Crippen LogP contribution in [0.5, 0.6) is 0 Å². The topological polar surface area (TPSA) is 69.2 Å². The molecule has 0 amide bonds. The van der Waals surface area contributed by atoms with Crippen LogP contribution in [0.2, 0.25) is 0 Å². The SMILES string of the molecule is C=CCC(C)(C)[O-].C=CCC(C)(C)[O-].C=CCC(C)(C)[O-].[C-]1=CC=CC1.[Zr+4]. The second-order valence-electron chi connectivity index (χ2n) is 7.76. The van der Waals surface area contributed by atoms with Crippen molar-refractivity contribution in [3.63, 3.8) is 0 Å². The molecule has 0 unspecified atom stereocenters. The van der Waals surface area contributed by atoms with E-state index in [0.29, 0.717) is 19.3 Å². The van der Waals surface area contributed by atoms with Crippen LogP contribution >= 0.6 is 0 Å². The summed E-state index contributed by atoms with van der Waals surface area (Å²) in [5.74, 6) is 0. The molecule has 0 atom stereocenters. The van der Waals surface area contributed by atoms with Crippen molar-refractivity contribution in [2.75, 3.05) is 0 Å². The first-order chi connectivity index (χ1) is 11.7. The summed E-state index contributed by atoms with van der Waals surface area (Å²) < 4.78 is 0. The maximum absolute atomic E-state index is 10.6. The van der Waals surface area contributed by atoms with Gasteiger partial charge >= 0.3 is 26.2 Å². The van der Waals surface area contributed by atoms with Crippen LogP contribution in [0.4, 0.5) is 0 Å². The molecule has 1 aliphatic carbocycles. The van der Waals surface area contributed by atoms with E-state index < -0.39 is 16.8 Å². The van der Waals surface area contributed by atoms with Crippen LogP contribution < -0.4 is 15.3 Å². The first-order valence-electron chi connectivity index (χ1n) is 8.84. The Morgan fingerprint density at radius 3 is 1.11 bits per heavy atom. The van der Waals surface area contributed by atoms with Crippen molar-refractivity contribution in [1.29, 1.82) is 0 Å². The number of hydrogen-bond donors (Lipinski definition) is 0. The molecule has 0 spiro atoms. The molecule has 0 saturated carbocycles. The normalized spacial score (nSPS) is 12.0. The van der Waals surface area contributed by atoms with Gasteiger partial charge < -0.3 is 15.3 Å². The number of hydrogen-bond acceptors (Lipinski definition) is 3. The average molecular weight is 454 g/mol. The fraction of sp³-hybridized carbons (Fsp3) is 0.565. The monoisotopic (exact) mass is 452 g/mol. The number of allylic oxidation sites excluding steroid dienone is 4. The van der Waals surface area contributed by atoms with Crippen LogP contribution in [0.3, 0.4) is 0 Å². The van der Waals surface area contributed by atoms with Gasteiger partial charge in [-0.3, -0.25) is 6.08 Å². The molecule has 0 heterocycles. The van der Waals surface area contributed by atoms with Gasteiger partial charge in [-0.1, -0.05) is 59.8 Å². The molecule has 0 bridgehead atoms. The van der Waals surface area contributed by atoms with Crippen LogP contribution in [-0.4, -0.2) is 16.8 Å². The minimum absolute atomic E-state index is 0. The Labute approximate surface area is 187 Å². The van der Waals surface area contributed by atoms with Crippen LogP contribution in [-0.2, 0) is 26.2 Å². The van der Waals surface area contributed by atoms with Crippen LogP contribution in [0.1, 0.15) is 67.2 Å². The van der Waals surface area contributed by atoms with E-state index in [-0.39, 0.29) is 26.2 Å². The van der Waals surface area contributed by atoms with Gasteiger partial charge in [0.25, 0.3) is 0 Å². The van der Waals surface area contributed by atoms with E-state index >= 15 is 0 Å². The molecule has 0 aromatic carbocycles. The van der Waals surface area contributed by atoms with E-state index in [4.69, 9.17) is 0 Å². The molecule has 152 valence electrons. The third-order valence-electron chi connectivity index (χ3n) is 2.49. The fourth-order valence-corrected chi connectivity index (χ4v) is 1.38. The molecule has 4 heteroatoms. The van der Waals surface area contributed by atoms with Gasteiger partial charge in [0.15, 0.2) is 0 Å². The largest absolute Gasteiger partial charge is 4.00 e. The Bertz CT molecular complexity index is 359. The van der Waals surface area contributed by atoms with Crippen LogP contribution in [0.25, 0.3) is 0 Å². The Morgan fingerprint density at radius 2 is 1.07 bits per heavy atom. The van der Waals surface area contributed by atoms with Crippen molar-refractivity contribution in [2.45, 2.75) is 84.0 Å². The zero-order valence-corrected chi connectivity index (χ0v) is 20.6. The van der Waals surface area contributed by atoms with Gasteiger partial charge in [-0.2, -0.15) is 6.08 Å². The third-order valence-corrected chi connectivity index (χ3v) is 2.49. The molecule has 0 aromatic rings. The second kappa shape index (κ2) is 18.8. The quantitative estimate of drug-likeness (QED) is 0.457. The average Bonchev–Trinajstić information content (AvgIpc) is 2.94. The second-order valence-corrected chi connectivity index (χ2v) is 7.76. The standard InChI is InChI=1S/3C6H11O.C5H5.Zr/c3*1-4-5-6(2,3)7;1-2-4-5-3-1;/h3*4H,1,5H2,2-3H3;1-3H,4H2;/q4*-1;+4. The van der Waals surface area contributed by atoms with E-state index in [1.807, 2.05) is 12.2 Å². The van der Waals surface area contributed by atoms with E-state index in [1.165, 1.54) is 0 Å². The van der Waals surface area contributed by atoms with Crippen molar-refractivity contribution in [3.8, 4) is 0 Å². The van der Waals surface area contributed by atoms with E-state index in [9.17, 15) is 15.3 Å². The molecule has 0 radical (unpaired) electrons. The van der Waals surface area contributed by atoms with Gasteiger partial charge in [0.05, 0.1) is 0 Å². The maximum Gasteiger partial charge on any atom is 4.00 e. The molecule has 0 N–H and O–H groups in total. The molecule has 0 fully saturated rings. The first-order valence-corrected chi connectivity index (χ1v) is 8.84. The minimum Gasteiger partial charge on any atom is -0.850 e. The van der Waals surface area contributed by atoms with Gasteiger partial charge in [-0.15, -0.1) is 43.0 Å². The molecule has 1 aliphatic rings. The minimum atomic E-state index is -0.818. The molecule has 0 aromatic heterocycles. The van der Waals surface area contributed by atoms with Crippen molar-refractivity contribution in [3.05, 3.63) is 62.3 Å². The van der Waals surface area contributed by atoms with Gasteiger partial charge in [0.2, 0.25) is 0 Å². The summed E-state index contributed by atoms with van der Waals surface area (Å²) in [4.78, 5) is 0. The van der Waals surface area contributed by atoms with E-state index in [0.717, 1.165) is 6.42 Å². The number of rotatable bonds is 6. The van der Waals surface area contributed by atoms with Crippen molar-refractivity contribution in [2.24, 2.45) is 0 Å². The predicted molar refractivity (Wildman–Crippen MR) is 108 cm³/mol. The van der Waals surface area contributed by atoms with E-state index in [2.05, 4.69) is 31.9 Å². The summed E-state index contributed by atoms with van der Waals surface area (Å²) in [6.45, 7) is 20.2. The molecule has 0 saturated heterocycles. The summed E-state index contributed by atoms with van der Waals surface area (Å²) in [7, 11) is 0. The van der Waals surface area contributed by atoms with Crippen molar-refractivity contribution < 1.29 is 41.5 Å². The molecular formula is C23H38O3Zr. The summed E-state index contributed by atoms with van der Waals surface area (Å²) in [5.41, 5.74) is -2.45. The summed E-state index contributed by atoms with van der Waals surface area (Å²) in [6, 6.07) is 0. The first kappa shape index (κ1) is 34.0. The summed E-state index contributed by atoms with van der Waals surface area (Å²) in [6.07, 6.45) is 16.6. The van der Waals surface area contributed by atoms with E-state index in [1.54, 1.807) is 59.8 Å². The van der Waals surface area contributed by atoms with Crippen molar-refractivity contribution in [1.82, 2.24) is 0 Å². The van der Waals surface area contributed by atoms with Gasteiger partial charge in [-0.25, -0.2) is 12.2 Å². The molecule has 27 heavy (non-hydrogen) atoms. The van der Waals surface area contributed by atoms with Crippen molar-refractivity contribution >= 4 is 0 Å². The van der Waals surface area contributed by atoms with Gasteiger partial charge in [-0.05, 0) is 19.3 Å². The zero-order valence-electron chi connectivity index (χ0n) is 18.1. The Hall–Kier alpha value is -0.537. The van der Waals surface area contributed by atoms with Gasteiger partial charge in [0, 0.05) is 0 Å². The summed E-state index contributed by atoms with van der Waals surface area (Å²) in [5, 5.41) is 31.9. The third kappa shape index (κ3) is 51.7. The van der Waals surface area contributed by atoms with Gasteiger partial charge in [0.1, 0.15) is 0 Å². The molecule has 0 aliphatic heterocycles. The summed E-state index contributed by atoms with van der Waals surface area (Å²) >= 11 is 0. The fourth-order valence-electron chi connectivity index (χ4n) is 1.38. The molecule has 1 rings (SSSR count). The molecule has 3 nitrogen and oxygen atoms in total. The Morgan fingerprint density at radius 1 is 0.778 bits per heavy atom. The molecular weight excluding hydrogens is 415 g/mol. The zero-order chi connectivity index (χ0) is 21.3. The predicted octanol–water partition coefficient (Wildman–Crippen LogP) is 3.41. The smallest absolute Gasteiger partial charge is 0.850 e.